The molecule has 0 aromatic heterocycles. The lowest BCUT2D eigenvalue weighted by Gasteiger charge is -2.09. The summed E-state index contributed by atoms with van der Waals surface area (Å²) in [6, 6.07) is 12.6. The van der Waals surface area contributed by atoms with Crippen molar-refractivity contribution in [2.45, 2.75) is 6.61 Å². The van der Waals surface area contributed by atoms with Gasteiger partial charge in [0.05, 0.1) is 16.3 Å². The molecule has 2 aromatic carbocycles. The lowest BCUT2D eigenvalue weighted by molar-refractivity contribution is 0.304. The zero-order chi connectivity index (χ0) is 13.7. The zero-order valence-electron chi connectivity index (χ0n) is 9.88. The van der Waals surface area contributed by atoms with E-state index in [1.807, 2.05) is 18.2 Å². The Bertz CT molecular complexity index is 600. The predicted octanol–water partition coefficient (Wildman–Crippen LogP) is 4.38. The summed E-state index contributed by atoms with van der Waals surface area (Å²) in [6.07, 6.45) is 1.32. The number of ether oxygens (including phenoxy) is 1. The van der Waals surface area contributed by atoms with Crippen molar-refractivity contribution in [3.8, 4) is 5.75 Å². The van der Waals surface area contributed by atoms with Gasteiger partial charge in [0.1, 0.15) is 12.4 Å². The molecule has 0 aliphatic rings. The third-order valence-corrected chi connectivity index (χ3v) is 3.23. The van der Waals surface area contributed by atoms with E-state index >= 15 is 0 Å². The Kier molecular flexibility index (Phi) is 4.66. The lowest BCUT2D eigenvalue weighted by atomic mass is 10.2. The topological polar surface area (TPSA) is 41.8 Å². The van der Waals surface area contributed by atoms with E-state index in [0.29, 0.717) is 28.0 Å². The van der Waals surface area contributed by atoms with E-state index in [2.05, 4.69) is 5.16 Å². The van der Waals surface area contributed by atoms with Crippen LogP contribution in [0, 0.1) is 0 Å². The monoisotopic (exact) mass is 295 g/mol. The van der Waals surface area contributed by atoms with Gasteiger partial charge in [-0.2, -0.15) is 0 Å². The lowest BCUT2D eigenvalue weighted by Crippen LogP contribution is -1.98. The Balaban J connectivity index is 2.12. The Morgan fingerprint density at radius 2 is 1.89 bits per heavy atom. The first-order valence-corrected chi connectivity index (χ1v) is 6.29. The maximum atomic E-state index is 8.58. The van der Waals surface area contributed by atoms with Crippen LogP contribution in [0.3, 0.4) is 0 Å². The summed E-state index contributed by atoms with van der Waals surface area (Å²) in [4.78, 5) is 0. The second kappa shape index (κ2) is 6.45. The van der Waals surface area contributed by atoms with E-state index < -0.39 is 0 Å². The molecular formula is C14H11Cl2NO2. The van der Waals surface area contributed by atoms with Gasteiger partial charge in [0.15, 0.2) is 0 Å². The van der Waals surface area contributed by atoms with Crippen LogP contribution >= 0.6 is 23.2 Å². The zero-order valence-corrected chi connectivity index (χ0v) is 11.4. The molecular weight excluding hydrogens is 285 g/mol. The Labute approximate surface area is 121 Å². The van der Waals surface area contributed by atoms with Gasteiger partial charge < -0.3 is 9.94 Å². The van der Waals surface area contributed by atoms with Crippen molar-refractivity contribution in [1.82, 2.24) is 0 Å². The first kappa shape index (κ1) is 13.7. The number of rotatable bonds is 4. The van der Waals surface area contributed by atoms with Crippen LogP contribution in [0.1, 0.15) is 11.1 Å². The van der Waals surface area contributed by atoms with Crippen LogP contribution in [0.2, 0.25) is 10.0 Å². The van der Waals surface area contributed by atoms with E-state index in [1.165, 1.54) is 6.21 Å². The van der Waals surface area contributed by atoms with Gasteiger partial charge in [0.2, 0.25) is 0 Å². The molecule has 0 unspecified atom stereocenters. The molecule has 0 heterocycles. The smallest absolute Gasteiger partial charge is 0.128 e. The van der Waals surface area contributed by atoms with Crippen LogP contribution in [-0.4, -0.2) is 11.4 Å². The summed E-state index contributed by atoms with van der Waals surface area (Å²) in [5.74, 6) is 0.631. The molecule has 0 aliphatic carbocycles. The number of hydrogen-bond donors (Lipinski definition) is 1. The Hall–Kier alpha value is -1.71. The maximum absolute atomic E-state index is 8.58. The highest BCUT2D eigenvalue weighted by molar-refractivity contribution is 6.42. The molecule has 0 spiro atoms. The van der Waals surface area contributed by atoms with Crippen LogP contribution in [0.15, 0.2) is 47.6 Å². The normalized spacial score (nSPS) is 10.8. The van der Waals surface area contributed by atoms with Crippen LogP contribution < -0.4 is 4.74 Å². The second-order valence-corrected chi connectivity index (χ2v) is 4.63. The first-order chi connectivity index (χ1) is 9.20. The molecule has 1 N–H and O–H groups in total. The minimum absolute atomic E-state index is 0.354. The van der Waals surface area contributed by atoms with Crippen LogP contribution in [0.4, 0.5) is 0 Å². The van der Waals surface area contributed by atoms with E-state index in [4.69, 9.17) is 33.1 Å². The molecule has 2 aromatic rings. The molecule has 0 aliphatic heterocycles. The number of hydrogen-bond acceptors (Lipinski definition) is 3. The quantitative estimate of drug-likeness (QED) is 0.517. The molecule has 0 fully saturated rings. The molecule has 5 heteroatoms. The molecule has 0 radical (unpaired) electrons. The van der Waals surface area contributed by atoms with Crippen molar-refractivity contribution in [2.24, 2.45) is 5.16 Å². The SMILES string of the molecule is O/N=C/c1ccccc1OCc1ccc(Cl)c(Cl)c1. The number of para-hydroxylation sites is 1. The van der Waals surface area contributed by atoms with Crippen molar-refractivity contribution in [3.63, 3.8) is 0 Å². The second-order valence-electron chi connectivity index (χ2n) is 3.82. The van der Waals surface area contributed by atoms with Crippen molar-refractivity contribution >= 4 is 29.4 Å². The minimum Gasteiger partial charge on any atom is -0.488 e. The molecule has 0 amide bonds. The van der Waals surface area contributed by atoms with Gasteiger partial charge in [0, 0.05) is 5.56 Å². The van der Waals surface area contributed by atoms with Gasteiger partial charge in [-0.1, -0.05) is 46.6 Å². The largest absolute Gasteiger partial charge is 0.488 e. The molecule has 0 atom stereocenters. The average Bonchev–Trinajstić information content (AvgIpc) is 2.42. The summed E-state index contributed by atoms with van der Waals surface area (Å²) in [6.45, 7) is 0.354. The van der Waals surface area contributed by atoms with E-state index in [1.54, 1.807) is 24.3 Å². The highest BCUT2D eigenvalue weighted by Crippen LogP contribution is 2.24. The van der Waals surface area contributed by atoms with Crippen molar-refractivity contribution in [3.05, 3.63) is 63.6 Å². The van der Waals surface area contributed by atoms with E-state index in [-0.39, 0.29) is 0 Å². The Morgan fingerprint density at radius 3 is 2.63 bits per heavy atom. The molecule has 3 nitrogen and oxygen atoms in total. The molecule has 2 rings (SSSR count). The van der Waals surface area contributed by atoms with Gasteiger partial charge in [0.25, 0.3) is 0 Å². The van der Waals surface area contributed by atoms with Crippen molar-refractivity contribution in [1.29, 1.82) is 0 Å². The summed E-state index contributed by atoms with van der Waals surface area (Å²) in [7, 11) is 0. The Morgan fingerprint density at radius 1 is 1.11 bits per heavy atom. The van der Waals surface area contributed by atoms with Gasteiger partial charge in [-0.25, -0.2) is 0 Å². The van der Waals surface area contributed by atoms with Crippen molar-refractivity contribution < 1.29 is 9.94 Å². The van der Waals surface area contributed by atoms with E-state index in [0.717, 1.165) is 5.56 Å². The highest BCUT2D eigenvalue weighted by Gasteiger charge is 2.03. The number of benzene rings is 2. The predicted molar refractivity (Wildman–Crippen MR) is 76.6 cm³/mol. The molecule has 0 saturated carbocycles. The van der Waals surface area contributed by atoms with Gasteiger partial charge in [-0.05, 0) is 29.8 Å². The standard InChI is InChI=1S/C14H11Cl2NO2/c15-12-6-5-10(7-13(12)16)9-19-14-4-2-1-3-11(14)8-17-18/h1-8,18H,9H2/b17-8+. The molecule has 0 saturated heterocycles. The van der Waals surface area contributed by atoms with Crippen LogP contribution in [0.25, 0.3) is 0 Å². The summed E-state index contributed by atoms with van der Waals surface area (Å²) in [5.41, 5.74) is 1.61. The number of halogens is 2. The summed E-state index contributed by atoms with van der Waals surface area (Å²) in [5, 5.41) is 12.6. The van der Waals surface area contributed by atoms with Gasteiger partial charge in [-0.3, -0.25) is 0 Å². The number of oxime groups is 1. The first-order valence-electron chi connectivity index (χ1n) is 5.54. The van der Waals surface area contributed by atoms with Gasteiger partial charge >= 0.3 is 0 Å². The summed E-state index contributed by atoms with van der Waals surface area (Å²) < 4.78 is 5.67. The van der Waals surface area contributed by atoms with Crippen molar-refractivity contribution in [2.75, 3.05) is 0 Å². The maximum Gasteiger partial charge on any atom is 0.128 e. The molecule has 0 bridgehead atoms. The fraction of sp³-hybridized carbons (Fsp3) is 0.0714. The summed E-state index contributed by atoms with van der Waals surface area (Å²) >= 11 is 11.8. The fourth-order valence-electron chi connectivity index (χ4n) is 1.57. The molecule has 19 heavy (non-hydrogen) atoms. The van der Waals surface area contributed by atoms with Crippen LogP contribution in [-0.2, 0) is 6.61 Å². The average molecular weight is 296 g/mol. The third-order valence-electron chi connectivity index (χ3n) is 2.49. The molecule has 98 valence electrons. The van der Waals surface area contributed by atoms with Crippen LogP contribution in [0.5, 0.6) is 5.75 Å². The number of nitrogens with zero attached hydrogens (tertiary/aromatic N) is 1. The minimum atomic E-state index is 0.354. The fourth-order valence-corrected chi connectivity index (χ4v) is 1.89. The van der Waals surface area contributed by atoms with Gasteiger partial charge in [-0.15, -0.1) is 0 Å². The third kappa shape index (κ3) is 3.63. The highest BCUT2D eigenvalue weighted by atomic mass is 35.5. The van der Waals surface area contributed by atoms with E-state index in [9.17, 15) is 0 Å².